The lowest BCUT2D eigenvalue weighted by Crippen LogP contribution is -2.51. The zero-order valence-corrected chi connectivity index (χ0v) is 16.3. The van der Waals surface area contributed by atoms with Gasteiger partial charge in [0.1, 0.15) is 17.7 Å². The van der Waals surface area contributed by atoms with Gasteiger partial charge >= 0.3 is 5.69 Å². The molecule has 0 radical (unpaired) electrons. The van der Waals surface area contributed by atoms with Crippen molar-refractivity contribution in [3.8, 4) is 5.75 Å². The maximum atomic E-state index is 12.8. The van der Waals surface area contributed by atoms with Crippen LogP contribution in [0.5, 0.6) is 5.75 Å². The van der Waals surface area contributed by atoms with Gasteiger partial charge in [-0.1, -0.05) is 17.7 Å². The number of ketones is 1. The van der Waals surface area contributed by atoms with Crippen molar-refractivity contribution in [3.63, 3.8) is 0 Å². The van der Waals surface area contributed by atoms with E-state index in [4.69, 9.17) is 16.3 Å². The molecule has 2 aromatic rings. The molecule has 1 fully saturated rings. The number of aryl methyl sites for hydroxylation is 2. The van der Waals surface area contributed by atoms with Crippen LogP contribution in [-0.4, -0.2) is 39.4 Å². The summed E-state index contributed by atoms with van der Waals surface area (Å²) in [6.07, 6.45) is 2.65. The van der Waals surface area contributed by atoms with E-state index in [2.05, 4.69) is 9.97 Å². The van der Waals surface area contributed by atoms with E-state index >= 15 is 0 Å². The molecule has 0 amide bonds. The third-order valence-corrected chi connectivity index (χ3v) is 5.71. The van der Waals surface area contributed by atoms with Crippen LogP contribution in [0.15, 0.2) is 18.5 Å². The average Bonchev–Trinajstić information content (AvgIpc) is 2.63. The van der Waals surface area contributed by atoms with Gasteiger partial charge < -0.3 is 9.64 Å². The molecule has 1 aromatic heterocycles. The Labute approximate surface area is 166 Å². The third-order valence-electron chi connectivity index (χ3n) is 5.44. The van der Waals surface area contributed by atoms with Crippen LogP contribution in [0.2, 0.25) is 5.15 Å². The molecule has 0 saturated carbocycles. The Morgan fingerprint density at radius 1 is 1.25 bits per heavy atom. The summed E-state index contributed by atoms with van der Waals surface area (Å²) in [7, 11) is 0. The van der Waals surface area contributed by atoms with Crippen LogP contribution < -0.4 is 9.64 Å². The molecule has 146 valence electrons. The van der Waals surface area contributed by atoms with Crippen molar-refractivity contribution in [1.29, 1.82) is 0 Å². The number of halogens is 1. The number of piperidine rings is 1. The van der Waals surface area contributed by atoms with E-state index in [0.29, 0.717) is 43.7 Å². The topological polar surface area (TPSA) is 98.5 Å². The standard InChI is InChI=1S/C19H19ClN4O4/c1-11-7-12(2)16-13(8-11)14(25)9-19(28-16)3-5-23(6-4-19)18-15(24(26)27)17(20)21-10-22-18/h7-8,10H,3-6,9H2,1-2H3. The second kappa shape index (κ2) is 6.70. The lowest BCUT2D eigenvalue weighted by atomic mass is 9.81. The summed E-state index contributed by atoms with van der Waals surface area (Å²) >= 11 is 5.90. The number of hydrogen-bond acceptors (Lipinski definition) is 7. The SMILES string of the molecule is Cc1cc(C)c2c(c1)C(=O)CC1(CCN(c3ncnc(Cl)c3[N+](=O)[O-])CC1)O2. The Bertz CT molecular complexity index is 986. The maximum absolute atomic E-state index is 12.8. The highest BCUT2D eigenvalue weighted by Gasteiger charge is 2.44. The van der Waals surface area contributed by atoms with E-state index in [1.807, 2.05) is 30.9 Å². The smallest absolute Gasteiger partial charge is 0.348 e. The molecule has 0 N–H and O–H groups in total. The molecule has 0 aliphatic carbocycles. The Balaban J connectivity index is 1.59. The monoisotopic (exact) mass is 402 g/mol. The number of hydrogen-bond donors (Lipinski definition) is 0. The number of ether oxygens (including phenoxy) is 1. The van der Waals surface area contributed by atoms with Crippen LogP contribution in [-0.2, 0) is 0 Å². The number of benzene rings is 1. The zero-order chi connectivity index (χ0) is 20.1. The highest BCUT2D eigenvalue weighted by Crippen LogP contribution is 2.43. The van der Waals surface area contributed by atoms with E-state index in [1.165, 1.54) is 6.33 Å². The normalized spacial score (nSPS) is 18.0. The fourth-order valence-electron chi connectivity index (χ4n) is 4.08. The first-order valence-corrected chi connectivity index (χ1v) is 9.41. The van der Waals surface area contributed by atoms with Gasteiger partial charge in [0.25, 0.3) is 0 Å². The van der Waals surface area contributed by atoms with E-state index in [0.717, 1.165) is 11.1 Å². The number of nitro groups is 1. The first-order chi connectivity index (χ1) is 13.3. The molecule has 0 bridgehead atoms. The Morgan fingerprint density at radius 3 is 2.64 bits per heavy atom. The van der Waals surface area contributed by atoms with Gasteiger partial charge in [0.15, 0.2) is 5.78 Å². The lowest BCUT2D eigenvalue weighted by molar-refractivity contribution is -0.384. The summed E-state index contributed by atoms with van der Waals surface area (Å²) in [5, 5.41) is 11.2. The molecule has 4 rings (SSSR count). The predicted molar refractivity (Wildman–Crippen MR) is 103 cm³/mol. The molecule has 0 atom stereocenters. The summed E-state index contributed by atoms with van der Waals surface area (Å²) in [5.41, 5.74) is 1.74. The van der Waals surface area contributed by atoms with Crippen molar-refractivity contribution in [2.24, 2.45) is 0 Å². The summed E-state index contributed by atoms with van der Waals surface area (Å²) < 4.78 is 6.36. The number of fused-ring (bicyclic) bond motifs is 1. The van der Waals surface area contributed by atoms with E-state index in [9.17, 15) is 14.9 Å². The van der Waals surface area contributed by atoms with Gasteiger partial charge in [-0.15, -0.1) is 0 Å². The van der Waals surface area contributed by atoms with E-state index in [-0.39, 0.29) is 22.4 Å². The van der Waals surface area contributed by atoms with E-state index in [1.54, 1.807) is 0 Å². The zero-order valence-electron chi connectivity index (χ0n) is 15.6. The Kier molecular flexibility index (Phi) is 4.45. The largest absolute Gasteiger partial charge is 0.486 e. The summed E-state index contributed by atoms with van der Waals surface area (Å²) in [5.74, 6) is 0.943. The number of carbonyl (C=O) groups excluding carboxylic acids is 1. The number of aromatic nitrogens is 2. The van der Waals surface area contributed by atoms with Crippen LogP contribution in [0.1, 0.15) is 40.7 Å². The molecule has 2 aliphatic rings. The molecule has 9 heteroatoms. The number of carbonyl (C=O) groups is 1. The summed E-state index contributed by atoms with van der Waals surface area (Å²) in [6.45, 7) is 4.85. The molecule has 3 heterocycles. The highest BCUT2D eigenvalue weighted by molar-refractivity contribution is 6.31. The van der Waals surface area contributed by atoms with Crippen molar-refractivity contribution < 1.29 is 14.5 Å². The highest BCUT2D eigenvalue weighted by atomic mass is 35.5. The molecule has 28 heavy (non-hydrogen) atoms. The number of anilines is 1. The molecule has 1 aromatic carbocycles. The summed E-state index contributed by atoms with van der Waals surface area (Å²) in [6, 6.07) is 3.88. The fraction of sp³-hybridized carbons (Fsp3) is 0.421. The lowest BCUT2D eigenvalue weighted by Gasteiger charge is -2.44. The first-order valence-electron chi connectivity index (χ1n) is 9.03. The molecule has 1 saturated heterocycles. The number of Topliss-reactive ketones (excluding diaryl/α,β-unsaturated/α-hetero) is 1. The molecule has 2 aliphatic heterocycles. The molecule has 1 spiro atoms. The molecular weight excluding hydrogens is 384 g/mol. The second-order valence-corrected chi connectivity index (χ2v) is 7.78. The van der Waals surface area contributed by atoms with Gasteiger partial charge in [-0.05, 0) is 31.0 Å². The van der Waals surface area contributed by atoms with Crippen molar-refractivity contribution >= 4 is 28.9 Å². The van der Waals surface area contributed by atoms with Gasteiger partial charge in [-0.3, -0.25) is 14.9 Å². The number of nitrogens with zero attached hydrogens (tertiary/aromatic N) is 4. The third kappa shape index (κ3) is 3.07. The van der Waals surface area contributed by atoms with Crippen LogP contribution in [0.3, 0.4) is 0 Å². The van der Waals surface area contributed by atoms with Gasteiger partial charge in [0.05, 0.1) is 16.9 Å². The van der Waals surface area contributed by atoms with Gasteiger partial charge in [0.2, 0.25) is 11.0 Å². The summed E-state index contributed by atoms with van der Waals surface area (Å²) in [4.78, 5) is 33.2. The van der Waals surface area contributed by atoms with E-state index < -0.39 is 10.5 Å². The van der Waals surface area contributed by atoms with Gasteiger partial charge in [0, 0.05) is 25.9 Å². The first kappa shape index (κ1) is 18.6. The van der Waals surface area contributed by atoms with Crippen LogP contribution in [0.25, 0.3) is 0 Å². The quantitative estimate of drug-likeness (QED) is 0.429. The minimum absolute atomic E-state index is 0.0811. The minimum atomic E-state index is -0.591. The maximum Gasteiger partial charge on any atom is 0.348 e. The van der Waals surface area contributed by atoms with Crippen molar-refractivity contribution in [2.45, 2.75) is 38.7 Å². The fourth-order valence-corrected chi connectivity index (χ4v) is 4.28. The second-order valence-electron chi connectivity index (χ2n) is 7.42. The van der Waals surface area contributed by atoms with Crippen molar-refractivity contribution in [3.05, 3.63) is 50.4 Å². The van der Waals surface area contributed by atoms with Crippen LogP contribution >= 0.6 is 11.6 Å². The molecule has 8 nitrogen and oxygen atoms in total. The van der Waals surface area contributed by atoms with Crippen molar-refractivity contribution in [2.75, 3.05) is 18.0 Å². The molecule has 0 unspecified atom stereocenters. The van der Waals surface area contributed by atoms with Crippen LogP contribution in [0.4, 0.5) is 11.5 Å². The minimum Gasteiger partial charge on any atom is -0.486 e. The molecular formula is C19H19ClN4O4. The predicted octanol–water partition coefficient (Wildman–Crippen LogP) is 3.66. The Hall–Kier alpha value is -2.74. The van der Waals surface area contributed by atoms with Crippen LogP contribution in [0, 0.1) is 24.0 Å². The van der Waals surface area contributed by atoms with Gasteiger partial charge in [-0.25, -0.2) is 9.97 Å². The number of rotatable bonds is 2. The Morgan fingerprint density at radius 2 is 1.96 bits per heavy atom. The van der Waals surface area contributed by atoms with Gasteiger partial charge in [-0.2, -0.15) is 0 Å². The van der Waals surface area contributed by atoms with Crippen molar-refractivity contribution in [1.82, 2.24) is 9.97 Å². The average molecular weight is 403 g/mol.